The molecule has 1 saturated heterocycles. The van der Waals surface area contributed by atoms with Crippen LogP contribution in [0.1, 0.15) is 12.0 Å². The van der Waals surface area contributed by atoms with Gasteiger partial charge < -0.3 is 20.2 Å². The minimum atomic E-state index is -0.533. The Hall–Kier alpha value is -2.09. The van der Waals surface area contributed by atoms with Gasteiger partial charge in [0.2, 0.25) is 0 Å². The molecule has 144 valence electrons. The number of hydrogen-bond donors (Lipinski definition) is 2. The van der Waals surface area contributed by atoms with Crippen LogP contribution in [0.4, 0.5) is 20.6 Å². The van der Waals surface area contributed by atoms with E-state index in [1.165, 1.54) is 18.2 Å². The molecule has 1 aromatic carbocycles. The molecule has 1 aliphatic rings. The first-order valence-electron chi connectivity index (χ1n) is 8.48. The molecule has 2 aromatic rings. The second-order valence-corrected chi connectivity index (χ2v) is 6.99. The van der Waals surface area contributed by atoms with Gasteiger partial charge in [0.25, 0.3) is 0 Å². The van der Waals surface area contributed by atoms with Crippen molar-refractivity contribution in [3.63, 3.8) is 0 Å². The van der Waals surface area contributed by atoms with Gasteiger partial charge in [-0.1, -0.05) is 23.2 Å². The predicted molar refractivity (Wildman–Crippen MR) is 104 cm³/mol. The van der Waals surface area contributed by atoms with Gasteiger partial charge in [-0.3, -0.25) is 4.98 Å². The fourth-order valence-electron chi connectivity index (χ4n) is 3.06. The maximum atomic E-state index is 13.2. The molecule has 0 saturated carbocycles. The minimum absolute atomic E-state index is 0.0429. The average molecular weight is 413 g/mol. The van der Waals surface area contributed by atoms with Crippen molar-refractivity contribution in [1.82, 2.24) is 9.88 Å². The highest BCUT2D eigenvalue weighted by atomic mass is 35.5. The first-order chi connectivity index (χ1) is 13.0. The topological polar surface area (TPSA) is 68.7 Å². The standard InChI is InChI=1S/C18H19Cl2FN4O2/c19-14-8-13(2-3-16(14)21)23-18(27)25-5-1-4-24(6-7-25)17-12(11-26)9-22-10-15(17)20/h2-3,8-10,26H,1,4-7,11H2,(H,23,27). The van der Waals surface area contributed by atoms with Crippen molar-refractivity contribution in [2.75, 3.05) is 36.4 Å². The highest BCUT2D eigenvalue weighted by Gasteiger charge is 2.22. The largest absolute Gasteiger partial charge is 0.392 e. The molecule has 1 aliphatic heterocycles. The number of halogens is 3. The molecule has 2 amide bonds. The van der Waals surface area contributed by atoms with E-state index in [0.717, 1.165) is 12.1 Å². The van der Waals surface area contributed by atoms with Crippen LogP contribution in [0.2, 0.25) is 10.0 Å². The number of aromatic nitrogens is 1. The van der Waals surface area contributed by atoms with Crippen LogP contribution < -0.4 is 10.2 Å². The van der Waals surface area contributed by atoms with E-state index in [-0.39, 0.29) is 17.7 Å². The summed E-state index contributed by atoms with van der Waals surface area (Å²) in [7, 11) is 0. The van der Waals surface area contributed by atoms with Gasteiger partial charge in [0.15, 0.2) is 0 Å². The quantitative estimate of drug-likeness (QED) is 0.804. The van der Waals surface area contributed by atoms with Gasteiger partial charge in [0.05, 0.1) is 22.3 Å². The Bertz CT molecular complexity index is 837. The van der Waals surface area contributed by atoms with Gasteiger partial charge in [-0.05, 0) is 24.6 Å². The highest BCUT2D eigenvalue weighted by molar-refractivity contribution is 6.33. The number of benzene rings is 1. The lowest BCUT2D eigenvalue weighted by atomic mass is 10.2. The molecule has 0 bridgehead atoms. The Morgan fingerprint density at radius 2 is 2.00 bits per heavy atom. The maximum absolute atomic E-state index is 13.2. The summed E-state index contributed by atoms with van der Waals surface area (Å²) in [6.07, 6.45) is 3.87. The molecule has 1 aromatic heterocycles. The third kappa shape index (κ3) is 4.61. The summed E-state index contributed by atoms with van der Waals surface area (Å²) < 4.78 is 13.2. The van der Waals surface area contributed by atoms with E-state index >= 15 is 0 Å². The molecule has 0 radical (unpaired) electrons. The van der Waals surface area contributed by atoms with Crippen molar-refractivity contribution in [3.8, 4) is 0 Å². The number of hydrogen-bond acceptors (Lipinski definition) is 4. The van der Waals surface area contributed by atoms with E-state index in [0.29, 0.717) is 42.5 Å². The lowest BCUT2D eigenvalue weighted by Gasteiger charge is -2.26. The van der Waals surface area contributed by atoms with Gasteiger partial charge in [0.1, 0.15) is 5.82 Å². The van der Waals surface area contributed by atoms with E-state index in [1.54, 1.807) is 17.3 Å². The average Bonchev–Trinajstić information content (AvgIpc) is 2.90. The molecular formula is C18H19Cl2FN4O2. The fraction of sp³-hybridized carbons (Fsp3) is 0.333. The maximum Gasteiger partial charge on any atom is 0.321 e. The number of urea groups is 1. The number of carbonyl (C=O) groups excluding carboxylic acids is 1. The van der Waals surface area contributed by atoms with Gasteiger partial charge in [0, 0.05) is 49.8 Å². The summed E-state index contributed by atoms with van der Waals surface area (Å²) >= 11 is 12.0. The van der Waals surface area contributed by atoms with E-state index in [9.17, 15) is 14.3 Å². The summed E-state index contributed by atoms with van der Waals surface area (Å²) in [5.74, 6) is -0.533. The smallest absolute Gasteiger partial charge is 0.321 e. The first-order valence-corrected chi connectivity index (χ1v) is 9.24. The van der Waals surface area contributed by atoms with Crippen molar-refractivity contribution >= 4 is 40.6 Å². The summed E-state index contributed by atoms with van der Waals surface area (Å²) in [6, 6.07) is 3.78. The Morgan fingerprint density at radius 1 is 1.19 bits per heavy atom. The zero-order chi connectivity index (χ0) is 19.4. The van der Waals surface area contributed by atoms with Crippen LogP contribution in [0, 0.1) is 5.82 Å². The molecule has 0 spiro atoms. The Balaban J connectivity index is 1.68. The molecule has 0 aliphatic carbocycles. The molecule has 27 heavy (non-hydrogen) atoms. The molecule has 2 N–H and O–H groups in total. The second-order valence-electron chi connectivity index (χ2n) is 6.17. The molecule has 0 unspecified atom stereocenters. The van der Waals surface area contributed by atoms with Crippen molar-refractivity contribution < 1.29 is 14.3 Å². The number of nitrogens with zero attached hydrogens (tertiary/aromatic N) is 3. The minimum Gasteiger partial charge on any atom is -0.392 e. The number of anilines is 2. The second kappa shape index (κ2) is 8.73. The zero-order valence-electron chi connectivity index (χ0n) is 14.5. The van der Waals surface area contributed by atoms with Crippen LogP contribution in [0.15, 0.2) is 30.6 Å². The number of rotatable bonds is 3. The number of pyridine rings is 1. The third-order valence-electron chi connectivity index (χ3n) is 4.39. The summed E-state index contributed by atoms with van der Waals surface area (Å²) in [4.78, 5) is 20.3. The van der Waals surface area contributed by atoms with Gasteiger partial charge in [-0.2, -0.15) is 0 Å². The van der Waals surface area contributed by atoms with Crippen LogP contribution >= 0.6 is 23.2 Å². The van der Waals surface area contributed by atoms with Gasteiger partial charge in [-0.25, -0.2) is 9.18 Å². The molecular weight excluding hydrogens is 394 g/mol. The van der Waals surface area contributed by atoms with Crippen LogP contribution in [-0.4, -0.2) is 47.2 Å². The highest BCUT2D eigenvalue weighted by Crippen LogP contribution is 2.30. The number of aliphatic hydroxyl groups excluding tert-OH is 1. The lowest BCUT2D eigenvalue weighted by molar-refractivity contribution is 0.215. The number of nitrogens with one attached hydrogen (secondary N) is 1. The summed E-state index contributed by atoms with van der Waals surface area (Å²) in [5.41, 5.74) is 1.84. The first kappa shape index (κ1) is 19.7. The van der Waals surface area contributed by atoms with Crippen LogP contribution in [0.25, 0.3) is 0 Å². The van der Waals surface area contributed by atoms with Gasteiger partial charge in [-0.15, -0.1) is 0 Å². The summed E-state index contributed by atoms with van der Waals surface area (Å²) in [6.45, 7) is 2.14. The molecule has 1 fully saturated rings. The van der Waals surface area contributed by atoms with Crippen molar-refractivity contribution in [2.24, 2.45) is 0 Å². The molecule has 3 rings (SSSR count). The van der Waals surface area contributed by atoms with E-state index in [2.05, 4.69) is 15.2 Å². The zero-order valence-corrected chi connectivity index (χ0v) is 16.0. The third-order valence-corrected chi connectivity index (χ3v) is 4.96. The van der Waals surface area contributed by atoms with Crippen LogP contribution in [0.3, 0.4) is 0 Å². The van der Waals surface area contributed by atoms with Crippen LogP contribution in [-0.2, 0) is 6.61 Å². The monoisotopic (exact) mass is 412 g/mol. The number of carbonyl (C=O) groups is 1. The van der Waals surface area contributed by atoms with Gasteiger partial charge >= 0.3 is 6.03 Å². The SMILES string of the molecule is O=C(Nc1ccc(F)c(Cl)c1)N1CCCN(c2c(Cl)cncc2CO)CC1. The predicted octanol–water partition coefficient (Wildman–Crippen LogP) is 3.76. The molecule has 9 heteroatoms. The number of aliphatic hydroxyl groups is 1. The van der Waals surface area contributed by atoms with E-state index in [4.69, 9.17) is 23.2 Å². The van der Waals surface area contributed by atoms with Crippen molar-refractivity contribution in [1.29, 1.82) is 0 Å². The Morgan fingerprint density at radius 3 is 2.74 bits per heavy atom. The normalized spacial score (nSPS) is 14.8. The Labute approximate surface area is 166 Å². The fourth-order valence-corrected chi connectivity index (χ4v) is 3.54. The molecule has 2 heterocycles. The molecule has 0 atom stereocenters. The van der Waals surface area contributed by atoms with Crippen molar-refractivity contribution in [2.45, 2.75) is 13.0 Å². The number of amides is 2. The van der Waals surface area contributed by atoms with Crippen molar-refractivity contribution in [3.05, 3.63) is 52.0 Å². The lowest BCUT2D eigenvalue weighted by Crippen LogP contribution is -2.38. The van der Waals surface area contributed by atoms with E-state index in [1.807, 2.05) is 0 Å². The Kier molecular flexibility index (Phi) is 6.36. The van der Waals surface area contributed by atoms with Crippen LogP contribution in [0.5, 0.6) is 0 Å². The summed E-state index contributed by atoms with van der Waals surface area (Å²) in [5, 5.41) is 12.7. The van der Waals surface area contributed by atoms with E-state index < -0.39 is 5.82 Å². The molecule has 6 nitrogen and oxygen atoms in total.